The van der Waals surface area contributed by atoms with Crippen molar-refractivity contribution in [2.75, 3.05) is 5.75 Å². The van der Waals surface area contributed by atoms with E-state index in [1.807, 2.05) is 30.5 Å². The normalized spacial score (nSPS) is 18.0. The van der Waals surface area contributed by atoms with Gasteiger partial charge in [-0.15, -0.1) is 5.10 Å². The second kappa shape index (κ2) is 4.66. The Bertz CT molecular complexity index is 659. The van der Waals surface area contributed by atoms with Crippen molar-refractivity contribution in [3.05, 3.63) is 36.0 Å². The summed E-state index contributed by atoms with van der Waals surface area (Å²) in [6.45, 7) is 0. The molecule has 1 aliphatic rings. The number of amidine groups is 1. The lowest BCUT2D eigenvalue weighted by Crippen LogP contribution is -2.19. The minimum Gasteiger partial charge on any atom is -0.361 e. The third kappa shape index (κ3) is 2.14. The fraction of sp³-hybridized carbons (Fsp3) is 0.0833. The quantitative estimate of drug-likeness (QED) is 0.636. The first-order valence-corrected chi connectivity index (χ1v) is 6.41. The SMILES string of the molecule is O=C1CS/C(=N/N=Cc2c[nH]c3ccccc23)N1. The molecule has 1 amide bonds. The lowest BCUT2D eigenvalue weighted by molar-refractivity contribution is -0.116. The van der Waals surface area contributed by atoms with Gasteiger partial charge in [0.25, 0.3) is 0 Å². The van der Waals surface area contributed by atoms with E-state index in [1.165, 1.54) is 11.8 Å². The number of para-hydroxylation sites is 1. The Kier molecular flexibility index (Phi) is 2.85. The fourth-order valence-corrected chi connectivity index (χ4v) is 2.35. The summed E-state index contributed by atoms with van der Waals surface area (Å²) < 4.78 is 0. The molecule has 1 aliphatic heterocycles. The number of H-pyrrole nitrogens is 1. The summed E-state index contributed by atoms with van der Waals surface area (Å²) in [5.74, 6) is 0.391. The standard InChI is InChI=1S/C12H10N4OS/c17-11-7-18-12(15-11)16-14-6-8-5-13-10-4-2-1-3-9(8)10/h1-6,13H,7H2,(H,15,16,17). The number of carbonyl (C=O) groups is 1. The number of fused-ring (bicyclic) bond motifs is 1. The Morgan fingerprint density at radius 2 is 2.22 bits per heavy atom. The van der Waals surface area contributed by atoms with Gasteiger partial charge in [0.05, 0.1) is 12.0 Å². The van der Waals surface area contributed by atoms with Crippen LogP contribution in [-0.2, 0) is 4.79 Å². The molecule has 2 heterocycles. The molecule has 90 valence electrons. The topological polar surface area (TPSA) is 69.6 Å². The Hall–Kier alpha value is -2.08. The van der Waals surface area contributed by atoms with Gasteiger partial charge >= 0.3 is 0 Å². The molecule has 0 radical (unpaired) electrons. The van der Waals surface area contributed by atoms with Crippen molar-refractivity contribution in [3.8, 4) is 0 Å². The molecular weight excluding hydrogens is 248 g/mol. The van der Waals surface area contributed by atoms with E-state index in [2.05, 4.69) is 20.5 Å². The van der Waals surface area contributed by atoms with Crippen LogP contribution in [-0.4, -0.2) is 28.0 Å². The predicted octanol–water partition coefficient (Wildman–Crippen LogP) is 1.72. The van der Waals surface area contributed by atoms with Gasteiger partial charge in [-0.3, -0.25) is 4.79 Å². The molecule has 2 N–H and O–H groups in total. The smallest absolute Gasteiger partial charge is 0.236 e. The molecule has 5 nitrogen and oxygen atoms in total. The van der Waals surface area contributed by atoms with Gasteiger partial charge in [0.2, 0.25) is 5.91 Å². The molecule has 0 spiro atoms. The molecule has 18 heavy (non-hydrogen) atoms. The Morgan fingerprint density at radius 1 is 1.33 bits per heavy atom. The number of rotatable bonds is 2. The van der Waals surface area contributed by atoms with Crippen LogP contribution >= 0.6 is 11.8 Å². The molecule has 0 aliphatic carbocycles. The van der Waals surface area contributed by atoms with Crippen molar-refractivity contribution in [1.29, 1.82) is 0 Å². The molecule has 0 unspecified atom stereocenters. The Morgan fingerprint density at radius 3 is 3.06 bits per heavy atom. The molecule has 6 heteroatoms. The number of amides is 1. The zero-order chi connectivity index (χ0) is 12.4. The van der Waals surface area contributed by atoms with Crippen LogP contribution in [0.3, 0.4) is 0 Å². The largest absolute Gasteiger partial charge is 0.361 e. The summed E-state index contributed by atoms with van der Waals surface area (Å²) in [7, 11) is 0. The summed E-state index contributed by atoms with van der Waals surface area (Å²) in [6.07, 6.45) is 3.56. The number of carbonyl (C=O) groups excluding carboxylic acids is 1. The van der Waals surface area contributed by atoms with Crippen LogP contribution in [0.1, 0.15) is 5.56 Å². The van der Waals surface area contributed by atoms with E-state index >= 15 is 0 Å². The van der Waals surface area contributed by atoms with Crippen LogP contribution < -0.4 is 5.32 Å². The molecular formula is C12H10N4OS. The number of aromatic nitrogens is 1. The number of thioether (sulfide) groups is 1. The van der Waals surface area contributed by atoms with Crippen molar-refractivity contribution < 1.29 is 4.79 Å². The van der Waals surface area contributed by atoms with Crippen molar-refractivity contribution in [2.24, 2.45) is 10.2 Å². The summed E-state index contributed by atoms with van der Waals surface area (Å²) in [6, 6.07) is 7.98. The van der Waals surface area contributed by atoms with Crippen molar-refractivity contribution in [2.45, 2.75) is 0 Å². The maximum atomic E-state index is 11.0. The summed E-state index contributed by atoms with van der Waals surface area (Å²) in [4.78, 5) is 14.1. The minimum atomic E-state index is -0.0268. The van der Waals surface area contributed by atoms with E-state index in [4.69, 9.17) is 0 Å². The Balaban J connectivity index is 1.82. The van der Waals surface area contributed by atoms with E-state index in [-0.39, 0.29) is 5.91 Å². The van der Waals surface area contributed by atoms with Crippen molar-refractivity contribution >= 4 is 40.0 Å². The number of nitrogens with one attached hydrogen (secondary N) is 2. The minimum absolute atomic E-state index is 0.0268. The molecule has 1 aromatic heterocycles. The summed E-state index contributed by atoms with van der Waals surface area (Å²) in [5.41, 5.74) is 2.04. The molecule has 3 rings (SSSR count). The predicted molar refractivity (Wildman–Crippen MR) is 73.9 cm³/mol. The third-order valence-corrected chi connectivity index (χ3v) is 3.42. The monoisotopic (exact) mass is 258 g/mol. The van der Waals surface area contributed by atoms with Crippen LogP contribution in [0.25, 0.3) is 10.9 Å². The second-order valence-corrected chi connectivity index (χ2v) is 4.74. The molecule has 1 aromatic carbocycles. The van der Waals surface area contributed by atoms with Gasteiger partial charge in [-0.1, -0.05) is 30.0 Å². The lowest BCUT2D eigenvalue weighted by atomic mass is 10.2. The van der Waals surface area contributed by atoms with E-state index in [0.717, 1.165) is 16.5 Å². The maximum Gasteiger partial charge on any atom is 0.236 e. The van der Waals surface area contributed by atoms with Crippen LogP contribution in [0.5, 0.6) is 0 Å². The number of benzene rings is 1. The summed E-state index contributed by atoms with van der Waals surface area (Å²) in [5, 5.41) is 12.2. The average Bonchev–Trinajstić information content (AvgIpc) is 2.97. The third-order valence-electron chi connectivity index (χ3n) is 2.55. The molecule has 0 bridgehead atoms. The van der Waals surface area contributed by atoms with E-state index in [0.29, 0.717) is 10.9 Å². The summed E-state index contributed by atoms with van der Waals surface area (Å²) >= 11 is 1.36. The number of nitrogens with zero attached hydrogens (tertiary/aromatic N) is 2. The van der Waals surface area contributed by atoms with Crippen LogP contribution in [0.4, 0.5) is 0 Å². The Labute approximate surface area is 107 Å². The zero-order valence-electron chi connectivity index (χ0n) is 9.38. The highest BCUT2D eigenvalue weighted by molar-refractivity contribution is 8.15. The van der Waals surface area contributed by atoms with Crippen molar-refractivity contribution in [1.82, 2.24) is 10.3 Å². The maximum absolute atomic E-state index is 11.0. The first-order chi connectivity index (χ1) is 8.83. The first kappa shape index (κ1) is 11.0. The molecule has 0 atom stereocenters. The molecule has 1 saturated heterocycles. The number of hydrogen-bond donors (Lipinski definition) is 2. The molecule has 1 fully saturated rings. The highest BCUT2D eigenvalue weighted by Gasteiger charge is 2.15. The zero-order valence-corrected chi connectivity index (χ0v) is 10.2. The van der Waals surface area contributed by atoms with Gasteiger partial charge in [-0.25, -0.2) is 0 Å². The van der Waals surface area contributed by atoms with Crippen LogP contribution in [0.15, 0.2) is 40.7 Å². The molecule has 2 aromatic rings. The van der Waals surface area contributed by atoms with Gasteiger partial charge in [0.15, 0.2) is 5.17 Å². The van der Waals surface area contributed by atoms with Gasteiger partial charge < -0.3 is 10.3 Å². The van der Waals surface area contributed by atoms with E-state index < -0.39 is 0 Å². The average molecular weight is 258 g/mol. The van der Waals surface area contributed by atoms with Crippen molar-refractivity contribution in [3.63, 3.8) is 0 Å². The van der Waals surface area contributed by atoms with Gasteiger partial charge in [-0.05, 0) is 6.07 Å². The highest BCUT2D eigenvalue weighted by Crippen LogP contribution is 2.16. The highest BCUT2D eigenvalue weighted by atomic mass is 32.2. The first-order valence-electron chi connectivity index (χ1n) is 5.43. The fourth-order valence-electron chi connectivity index (χ4n) is 1.72. The van der Waals surface area contributed by atoms with Gasteiger partial charge in [0, 0.05) is 22.7 Å². The van der Waals surface area contributed by atoms with E-state index in [9.17, 15) is 4.79 Å². The van der Waals surface area contributed by atoms with Crippen LogP contribution in [0, 0.1) is 0 Å². The van der Waals surface area contributed by atoms with Gasteiger partial charge in [0.1, 0.15) is 0 Å². The number of hydrogen-bond acceptors (Lipinski definition) is 4. The second-order valence-electron chi connectivity index (χ2n) is 3.78. The van der Waals surface area contributed by atoms with E-state index in [1.54, 1.807) is 6.21 Å². The van der Waals surface area contributed by atoms with Crippen LogP contribution in [0.2, 0.25) is 0 Å². The molecule has 0 saturated carbocycles. The number of aromatic amines is 1. The van der Waals surface area contributed by atoms with Gasteiger partial charge in [-0.2, -0.15) is 5.10 Å². The lowest BCUT2D eigenvalue weighted by Gasteiger charge is -1.90.